The Balaban J connectivity index is 2.07. The molecule has 5 nitrogen and oxygen atoms in total. The normalized spacial score (nSPS) is 10.2. The van der Waals surface area contributed by atoms with E-state index in [4.69, 9.17) is 22.1 Å². The number of H-pyrrole nitrogens is 1. The fourth-order valence-electron chi connectivity index (χ4n) is 1.28. The number of nitrogens with zero attached hydrogens (tertiary/aromatic N) is 1. The van der Waals surface area contributed by atoms with Crippen LogP contribution in [0.25, 0.3) is 0 Å². The summed E-state index contributed by atoms with van der Waals surface area (Å²) in [5.74, 6) is 1.19. The third kappa shape index (κ3) is 3.22. The molecule has 88 valence electrons. The maximum atomic E-state index is 11.1. The SMILES string of the molecule is Nc1cc(=O)[nH]c(COc2ccc(Cl)cc2)n1. The molecule has 0 fully saturated rings. The van der Waals surface area contributed by atoms with E-state index >= 15 is 0 Å². The van der Waals surface area contributed by atoms with Crippen molar-refractivity contribution in [2.45, 2.75) is 6.61 Å². The number of rotatable bonds is 3. The van der Waals surface area contributed by atoms with Crippen LogP contribution in [0.3, 0.4) is 0 Å². The van der Waals surface area contributed by atoms with Gasteiger partial charge in [0.05, 0.1) is 0 Å². The van der Waals surface area contributed by atoms with Crippen LogP contribution in [0, 0.1) is 0 Å². The molecule has 0 saturated heterocycles. The van der Waals surface area contributed by atoms with Gasteiger partial charge in [-0.15, -0.1) is 0 Å². The van der Waals surface area contributed by atoms with Crippen molar-refractivity contribution in [1.82, 2.24) is 9.97 Å². The molecule has 1 heterocycles. The largest absolute Gasteiger partial charge is 0.486 e. The molecule has 0 amide bonds. The Morgan fingerprint density at radius 3 is 2.71 bits per heavy atom. The molecule has 1 aromatic carbocycles. The molecule has 3 N–H and O–H groups in total. The van der Waals surface area contributed by atoms with Crippen LogP contribution in [0.5, 0.6) is 5.75 Å². The smallest absolute Gasteiger partial charge is 0.253 e. The number of halogens is 1. The van der Waals surface area contributed by atoms with Gasteiger partial charge in [0.2, 0.25) is 0 Å². The van der Waals surface area contributed by atoms with Gasteiger partial charge >= 0.3 is 0 Å². The first-order valence-electron chi connectivity index (χ1n) is 4.87. The lowest BCUT2D eigenvalue weighted by Crippen LogP contribution is -2.14. The number of ether oxygens (including phenoxy) is 1. The summed E-state index contributed by atoms with van der Waals surface area (Å²) in [6.07, 6.45) is 0. The molecule has 0 aliphatic carbocycles. The third-order valence-corrected chi connectivity index (χ3v) is 2.25. The Kier molecular flexibility index (Phi) is 3.30. The summed E-state index contributed by atoms with van der Waals surface area (Å²) in [6, 6.07) is 8.10. The second-order valence-electron chi connectivity index (χ2n) is 3.36. The average Bonchev–Trinajstić information content (AvgIpc) is 2.27. The molecular formula is C11H10ClN3O2. The molecule has 0 unspecified atom stereocenters. The molecule has 0 radical (unpaired) electrons. The van der Waals surface area contributed by atoms with Crippen molar-refractivity contribution in [3.05, 3.63) is 51.5 Å². The molecule has 1 aromatic heterocycles. The summed E-state index contributed by atoms with van der Waals surface area (Å²) in [6.45, 7) is 0.141. The van der Waals surface area contributed by atoms with Gasteiger partial charge in [0.25, 0.3) is 5.56 Å². The second-order valence-corrected chi connectivity index (χ2v) is 3.80. The van der Waals surface area contributed by atoms with Crippen LogP contribution < -0.4 is 16.0 Å². The van der Waals surface area contributed by atoms with E-state index in [0.717, 1.165) is 0 Å². The monoisotopic (exact) mass is 251 g/mol. The maximum Gasteiger partial charge on any atom is 0.253 e. The van der Waals surface area contributed by atoms with Gasteiger partial charge in [0.15, 0.2) is 0 Å². The molecule has 17 heavy (non-hydrogen) atoms. The molecule has 2 rings (SSSR count). The molecule has 0 saturated carbocycles. The van der Waals surface area contributed by atoms with Crippen LogP contribution in [0.15, 0.2) is 35.1 Å². The summed E-state index contributed by atoms with van der Waals surface area (Å²) in [4.78, 5) is 17.6. The van der Waals surface area contributed by atoms with Gasteiger partial charge < -0.3 is 15.5 Å². The van der Waals surface area contributed by atoms with Gasteiger partial charge in [-0.25, -0.2) is 4.98 Å². The van der Waals surface area contributed by atoms with E-state index in [1.165, 1.54) is 6.07 Å². The lowest BCUT2D eigenvalue weighted by molar-refractivity contribution is 0.295. The number of hydrogen-bond donors (Lipinski definition) is 2. The Morgan fingerprint density at radius 2 is 2.06 bits per heavy atom. The highest BCUT2D eigenvalue weighted by Crippen LogP contribution is 2.16. The van der Waals surface area contributed by atoms with Crippen molar-refractivity contribution in [1.29, 1.82) is 0 Å². The van der Waals surface area contributed by atoms with Crippen LogP contribution in [0.2, 0.25) is 5.02 Å². The first-order valence-corrected chi connectivity index (χ1v) is 5.25. The van der Waals surface area contributed by atoms with E-state index in [9.17, 15) is 4.79 Å². The highest BCUT2D eigenvalue weighted by molar-refractivity contribution is 6.30. The summed E-state index contributed by atoms with van der Waals surface area (Å²) < 4.78 is 5.41. The van der Waals surface area contributed by atoms with Gasteiger partial charge in [-0.3, -0.25) is 4.79 Å². The van der Waals surface area contributed by atoms with Gasteiger partial charge in [0.1, 0.15) is 24.0 Å². The second kappa shape index (κ2) is 4.88. The first kappa shape index (κ1) is 11.5. The van der Waals surface area contributed by atoms with E-state index in [2.05, 4.69) is 9.97 Å². The van der Waals surface area contributed by atoms with Crippen LogP contribution >= 0.6 is 11.6 Å². The van der Waals surface area contributed by atoms with Crippen molar-refractivity contribution in [3.8, 4) is 5.75 Å². The Bertz CT molecular complexity index is 566. The zero-order valence-electron chi connectivity index (χ0n) is 8.81. The maximum absolute atomic E-state index is 11.1. The van der Waals surface area contributed by atoms with Crippen molar-refractivity contribution in [3.63, 3.8) is 0 Å². The highest BCUT2D eigenvalue weighted by Gasteiger charge is 2.00. The molecule has 0 bridgehead atoms. The minimum absolute atomic E-state index is 0.141. The van der Waals surface area contributed by atoms with Gasteiger partial charge in [0, 0.05) is 11.1 Å². The zero-order valence-corrected chi connectivity index (χ0v) is 9.57. The molecule has 0 spiro atoms. The molecule has 0 atom stereocenters. The van der Waals surface area contributed by atoms with E-state index < -0.39 is 0 Å². The number of nitrogens with two attached hydrogens (primary N) is 1. The predicted molar refractivity (Wildman–Crippen MR) is 65.1 cm³/mol. The van der Waals surface area contributed by atoms with Gasteiger partial charge in [-0.2, -0.15) is 0 Å². The summed E-state index contributed by atoms with van der Waals surface area (Å²) in [5.41, 5.74) is 5.15. The predicted octanol–water partition coefficient (Wildman–Crippen LogP) is 1.58. The summed E-state index contributed by atoms with van der Waals surface area (Å²) >= 11 is 5.74. The third-order valence-electron chi connectivity index (χ3n) is 2.00. The summed E-state index contributed by atoms with van der Waals surface area (Å²) in [7, 11) is 0. The van der Waals surface area contributed by atoms with Crippen LogP contribution in [-0.4, -0.2) is 9.97 Å². The fourth-order valence-corrected chi connectivity index (χ4v) is 1.41. The quantitative estimate of drug-likeness (QED) is 0.868. The molecule has 2 aromatic rings. The van der Waals surface area contributed by atoms with Gasteiger partial charge in [-0.1, -0.05) is 11.6 Å². The fraction of sp³-hybridized carbons (Fsp3) is 0.0909. The zero-order chi connectivity index (χ0) is 12.3. The Hall–Kier alpha value is -2.01. The van der Waals surface area contributed by atoms with E-state index in [1.54, 1.807) is 24.3 Å². The van der Waals surface area contributed by atoms with Gasteiger partial charge in [-0.05, 0) is 24.3 Å². The van der Waals surface area contributed by atoms with Crippen molar-refractivity contribution < 1.29 is 4.74 Å². The van der Waals surface area contributed by atoms with Crippen LogP contribution in [0.4, 0.5) is 5.82 Å². The lowest BCUT2D eigenvalue weighted by Gasteiger charge is -2.05. The number of benzene rings is 1. The standard InChI is InChI=1S/C11H10ClN3O2/c12-7-1-3-8(4-2-7)17-6-10-14-9(13)5-11(16)15-10/h1-5H,6H2,(H3,13,14,15,16). The summed E-state index contributed by atoms with van der Waals surface area (Å²) in [5, 5.41) is 0.632. The van der Waals surface area contributed by atoms with E-state index in [0.29, 0.717) is 16.6 Å². The number of hydrogen-bond acceptors (Lipinski definition) is 4. The number of aromatic amines is 1. The first-order chi connectivity index (χ1) is 8.13. The Labute approximate surface area is 102 Å². The highest BCUT2D eigenvalue weighted by atomic mass is 35.5. The molecule has 6 heteroatoms. The van der Waals surface area contributed by atoms with Crippen molar-refractivity contribution in [2.75, 3.05) is 5.73 Å². The minimum Gasteiger partial charge on any atom is -0.486 e. The molecular weight excluding hydrogens is 242 g/mol. The Morgan fingerprint density at radius 1 is 1.35 bits per heavy atom. The van der Waals surface area contributed by atoms with Crippen molar-refractivity contribution in [2.24, 2.45) is 0 Å². The lowest BCUT2D eigenvalue weighted by atomic mass is 10.3. The van der Waals surface area contributed by atoms with E-state index in [-0.39, 0.29) is 18.0 Å². The van der Waals surface area contributed by atoms with Crippen molar-refractivity contribution >= 4 is 17.4 Å². The molecule has 0 aliphatic rings. The van der Waals surface area contributed by atoms with Crippen LogP contribution in [0.1, 0.15) is 5.82 Å². The average molecular weight is 252 g/mol. The van der Waals surface area contributed by atoms with E-state index in [1.807, 2.05) is 0 Å². The molecule has 0 aliphatic heterocycles. The number of nitrogen functional groups attached to an aromatic ring is 1. The number of aromatic nitrogens is 2. The number of nitrogens with one attached hydrogen (secondary N) is 1. The van der Waals surface area contributed by atoms with Crippen LogP contribution in [-0.2, 0) is 6.61 Å². The topological polar surface area (TPSA) is 81.0 Å². The number of anilines is 1. The minimum atomic E-state index is -0.299.